The number of carbonyl (C=O) groups excluding carboxylic acids is 1. The zero-order valence-electron chi connectivity index (χ0n) is 11.8. The fraction of sp³-hybridized carbons (Fsp3) is 0.467. The van der Waals surface area contributed by atoms with E-state index in [9.17, 15) is 9.59 Å². The lowest BCUT2D eigenvalue weighted by molar-refractivity contribution is -0.166. The zero-order chi connectivity index (χ0) is 15.4. The molecule has 1 aromatic rings. The van der Waals surface area contributed by atoms with E-state index in [1.807, 2.05) is 12.1 Å². The molecule has 1 amide bonds. The highest BCUT2D eigenvalue weighted by atomic mass is 35.5. The molecule has 0 aliphatic carbocycles. The lowest BCUT2D eigenvalue weighted by Gasteiger charge is -2.35. The summed E-state index contributed by atoms with van der Waals surface area (Å²) in [7, 11) is 0. The van der Waals surface area contributed by atoms with Gasteiger partial charge in [-0.15, -0.1) is 0 Å². The fourth-order valence-corrected chi connectivity index (χ4v) is 2.48. The van der Waals surface area contributed by atoms with Gasteiger partial charge in [-0.05, 0) is 31.0 Å². The number of carboxylic acids is 1. The van der Waals surface area contributed by atoms with Crippen molar-refractivity contribution in [3.05, 3.63) is 34.9 Å². The van der Waals surface area contributed by atoms with E-state index in [0.29, 0.717) is 24.4 Å². The van der Waals surface area contributed by atoms with Crippen molar-refractivity contribution in [3.8, 4) is 0 Å². The van der Waals surface area contributed by atoms with Crippen molar-refractivity contribution in [3.63, 3.8) is 0 Å². The molecule has 0 radical (unpaired) electrons. The minimum Gasteiger partial charge on any atom is -0.479 e. The SMILES string of the molecule is C[C@@H]1CN(C(=O)CCc2ccc(Cl)cc2)CC(C(=O)O)O1. The molecular weight excluding hydrogens is 294 g/mol. The quantitative estimate of drug-likeness (QED) is 0.923. The second-order valence-corrected chi connectivity index (χ2v) is 5.64. The monoisotopic (exact) mass is 311 g/mol. The molecule has 1 N–H and O–H groups in total. The van der Waals surface area contributed by atoms with Crippen molar-refractivity contribution < 1.29 is 19.4 Å². The van der Waals surface area contributed by atoms with Crippen LogP contribution in [0.3, 0.4) is 0 Å². The Labute approximate surface area is 128 Å². The van der Waals surface area contributed by atoms with Crippen LogP contribution in [0.2, 0.25) is 5.02 Å². The molecule has 1 saturated heterocycles. The smallest absolute Gasteiger partial charge is 0.334 e. The molecule has 21 heavy (non-hydrogen) atoms. The van der Waals surface area contributed by atoms with Crippen LogP contribution in [0.5, 0.6) is 0 Å². The Morgan fingerprint density at radius 1 is 1.33 bits per heavy atom. The molecule has 5 nitrogen and oxygen atoms in total. The first-order valence-electron chi connectivity index (χ1n) is 6.86. The molecular formula is C15H18ClNO4. The molecule has 1 aliphatic heterocycles. The van der Waals surface area contributed by atoms with E-state index in [1.54, 1.807) is 24.0 Å². The molecule has 2 rings (SSSR count). The van der Waals surface area contributed by atoms with Gasteiger partial charge in [0.15, 0.2) is 6.10 Å². The lowest BCUT2D eigenvalue weighted by atomic mass is 10.1. The van der Waals surface area contributed by atoms with Gasteiger partial charge in [-0.1, -0.05) is 23.7 Å². The normalized spacial score (nSPS) is 22.1. The van der Waals surface area contributed by atoms with Crippen LogP contribution in [0.15, 0.2) is 24.3 Å². The number of carboxylic acid groups (broad SMARTS) is 1. The first kappa shape index (κ1) is 15.8. The number of benzene rings is 1. The third-order valence-corrected chi connectivity index (χ3v) is 3.68. The standard InChI is InChI=1S/C15H18ClNO4/c1-10-8-17(9-13(21-10)15(19)20)14(18)7-4-11-2-5-12(16)6-3-11/h2-3,5-6,10,13H,4,7-9H2,1H3,(H,19,20)/t10-,13?/m1/s1. The van der Waals surface area contributed by atoms with Crippen LogP contribution in [-0.4, -0.2) is 47.2 Å². The van der Waals surface area contributed by atoms with Crippen LogP contribution in [0, 0.1) is 0 Å². The summed E-state index contributed by atoms with van der Waals surface area (Å²) in [6.07, 6.45) is -0.243. The molecule has 1 unspecified atom stereocenters. The van der Waals surface area contributed by atoms with Gasteiger partial charge >= 0.3 is 5.97 Å². The minimum atomic E-state index is -1.03. The fourth-order valence-electron chi connectivity index (χ4n) is 2.35. The largest absolute Gasteiger partial charge is 0.479 e. The molecule has 114 valence electrons. The average Bonchev–Trinajstić information content (AvgIpc) is 2.45. The Hall–Kier alpha value is -1.59. The van der Waals surface area contributed by atoms with Crippen LogP contribution < -0.4 is 0 Å². The topological polar surface area (TPSA) is 66.8 Å². The number of hydrogen-bond donors (Lipinski definition) is 1. The van der Waals surface area contributed by atoms with Gasteiger partial charge in [-0.2, -0.15) is 0 Å². The summed E-state index contributed by atoms with van der Waals surface area (Å²) in [5.74, 6) is -1.08. The number of amides is 1. The van der Waals surface area contributed by atoms with Crippen molar-refractivity contribution >= 4 is 23.5 Å². The van der Waals surface area contributed by atoms with E-state index in [-0.39, 0.29) is 18.6 Å². The molecule has 1 heterocycles. The number of nitrogens with zero attached hydrogens (tertiary/aromatic N) is 1. The Kier molecular flexibility index (Phi) is 5.20. The van der Waals surface area contributed by atoms with E-state index in [4.69, 9.17) is 21.4 Å². The molecule has 2 atom stereocenters. The van der Waals surface area contributed by atoms with Crippen molar-refractivity contribution in [2.45, 2.75) is 32.0 Å². The van der Waals surface area contributed by atoms with Gasteiger partial charge in [0.1, 0.15) is 0 Å². The van der Waals surface area contributed by atoms with Crippen molar-refractivity contribution in [1.29, 1.82) is 0 Å². The van der Waals surface area contributed by atoms with Crippen LogP contribution in [0.25, 0.3) is 0 Å². The van der Waals surface area contributed by atoms with Crippen LogP contribution in [0.1, 0.15) is 18.9 Å². The predicted octanol–water partition coefficient (Wildman–Crippen LogP) is 1.97. The Balaban J connectivity index is 1.90. The van der Waals surface area contributed by atoms with Gasteiger partial charge in [0.05, 0.1) is 12.6 Å². The van der Waals surface area contributed by atoms with Gasteiger partial charge < -0.3 is 14.7 Å². The average molecular weight is 312 g/mol. The zero-order valence-corrected chi connectivity index (χ0v) is 12.5. The van der Waals surface area contributed by atoms with Gasteiger partial charge in [0.2, 0.25) is 5.91 Å². The summed E-state index contributed by atoms with van der Waals surface area (Å²) < 4.78 is 5.30. The third-order valence-electron chi connectivity index (χ3n) is 3.43. The maximum atomic E-state index is 12.2. The molecule has 1 aromatic carbocycles. The third kappa shape index (κ3) is 4.44. The maximum absolute atomic E-state index is 12.2. The van der Waals surface area contributed by atoms with Crippen molar-refractivity contribution in [2.24, 2.45) is 0 Å². The van der Waals surface area contributed by atoms with Crippen LogP contribution >= 0.6 is 11.6 Å². The summed E-state index contributed by atoms with van der Waals surface area (Å²) >= 11 is 5.81. The molecule has 0 spiro atoms. The second kappa shape index (κ2) is 6.91. The Bertz CT molecular complexity index is 517. The number of morpholine rings is 1. The molecule has 1 aliphatic rings. The summed E-state index contributed by atoms with van der Waals surface area (Å²) in [5, 5.41) is 9.68. The Morgan fingerprint density at radius 3 is 2.62 bits per heavy atom. The maximum Gasteiger partial charge on any atom is 0.334 e. The van der Waals surface area contributed by atoms with Crippen LogP contribution in [-0.2, 0) is 20.7 Å². The van der Waals surface area contributed by atoms with E-state index >= 15 is 0 Å². The number of aryl methyl sites for hydroxylation is 1. The lowest BCUT2D eigenvalue weighted by Crippen LogP contribution is -2.51. The van der Waals surface area contributed by atoms with Gasteiger partial charge in [0, 0.05) is 18.0 Å². The molecule has 6 heteroatoms. The minimum absolute atomic E-state index is 0.0497. The number of carbonyl (C=O) groups is 2. The highest BCUT2D eigenvalue weighted by molar-refractivity contribution is 6.30. The van der Waals surface area contributed by atoms with Crippen molar-refractivity contribution in [1.82, 2.24) is 4.90 Å². The number of aliphatic carboxylic acids is 1. The predicted molar refractivity (Wildman–Crippen MR) is 78.3 cm³/mol. The first-order valence-corrected chi connectivity index (χ1v) is 7.24. The number of ether oxygens (including phenoxy) is 1. The van der Waals surface area contributed by atoms with Gasteiger partial charge in [0.25, 0.3) is 0 Å². The van der Waals surface area contributed by atoms with E-state index in [1.165, 1.54) is 0 Å². The van der Waals surface area contributed by atoms with E-state index < -0.39 is 12.1 Å². The Morgan fingerprint density at radius 2 is 2.00 bits per heavy atom. The molecule has 1 fully saturated rings. The van der Waals surface area contributed by atoms with E-state index in [2.05, 4.69) is 0 Å². The number of hydrogen-bond acceptors (Lipinski definition) is 3. The summed E-state index contributed by atoms with van der Waals surface area (Å²) in [6.45, 7) is 2.32. The van der Waals surface area contributed by atoms with E-state index in [0.717, 1.165) is 5.56 Å². The number of halogens is 1. The summed E-state index contributed by atoms with van der Waals surface area (Å²) in [6, 6.07) is 7.35. The molecule has 0 aromatic heterocycles. The van der Waals surface area contributed by atoms with Gasteiger partial charge in [-0.25, -0.2) is 4.79 Å². The number of rotatable bonds is 4. The second-order valence-electron chi connectivity index (χ2n) is 5.20. The van der Waals surface area contributed by atoms with Crippen molar-refractivity contribution in [2.75, 3.05) is 13.1 Å². The summed E-state index contributed by atoms with van der Waals surface area (Å²) in [5.41, 5.74) is 1.03. The van der Waals surface area contributed by atoms with Gasteiger partial charge in [-0.3, -0.25) is 4.79 Å². The molecule has 0 bridgehead atoms. The summed E-state index contributed by atoms with van der Waals surface area (Å²) in [4.78, 5) is 24.8. The highest BCUT2D eigenvalue weighted by Crippen LogP contribution is 2.15. The first-order chi connectivity index (χ1) is 9.95. The molecule has 0 saturated carbocycles. The highest BCUT2D eigenvalue weighted by Gasteiger charge is 2.32. The van der Waals surface area contributed by atoms with Crippen LogP contribution in [0.4, 0.5) is 0 Å².